The Morgan fingerprint density at radius 3 is 2.33 bits per heavy atom. The van der Waals surface area contributed by atoms with Gasteiger partial charge in [0.2, 0.25) is 6.10 Å². The standard InChI is InChI=1S/C18H23NO5/c1-2-23-10-15(17(20)21)24-18(22)19-16-13-7-3-5-11(13)9-12-6-4-8-14(12)16/h9,15H,2-8,10H2,1H3,(H,19,22)(H,20,21)/t15-/m1/s1. The molecule has 1 aromatic rings. The van der Waals surface area contributed by atoms with Gasteiger partial charge in [-0.05, 0) is 67.7 Å². The molecule has 0 bridgehead atoms. The van der Waals surface area contributed by atoms with E-state index in [-0.39, 0.29) is 6.61 Å². The van der Waals surface area contributed by atoms with Crippen LogP contribution in [0.4, 0.5) is 10.5 Å². The molecule has 6 heteroatoms. The van der Waals surface area contributed by atoms with Gasteiger partial charge in [0, 0.05) is 6.61 Å². The van der Waals surface area contributed by atoms with E-state index >= 15 is 0 Å². The van der Waals surface area contributed by atoms with Crippen molar-refractivity contribution in [1.29, 1.82) is 0 Å². The predicted octanol–water partition coefficient (Wildman–Crippen LogP) is 2.70. The van der Waals surface area contributed by atoms with Crippen molar-refractivity contribution in [2.45, 2.75) is 51.6 Å². The molecular weight excluding hydrogens is 310 g/mol. The molecule has 0 aromatic heterocycles. The maximum absolute atomic E-state index is 12.2. The first-order chi connectivity index (χ1) is 11.6. The summed E-state index contributed by atoms with van der Waals surface area (Å²) >= 11 is 0. The molecule has 3 rings (SSSR count). The average molecular weight is 333 g/mol. The molecule has 1 amide bonds. The van der Waals surface area contributed by atoms with Gasteiger partial charge in [-0.1, -0.05) is 6.07 Å². The van der Waals surface area contributed by atoms with Crippen molar-refractivity contribution in [1.82, 2.24) is 0 Å². The number of anilines is 1. The molecular formula is C18H23NO5. The predicted molar refractivity (Wildman–Crippen MR) is 88.5 cm³/mol. The van der Waals surface area contributed by atoms with Crippen LogP contribution in [0, 0.1) is 0 Å². The maximum Gasteiger partial charge on any atom is 0.412 e. The monoisotopic (exact) mass is 333 g/mol. The van der Waals surface area contributed by atoms with E-state index in [1.54, 1.807) is 6.92 Å². The third-order valence-corrected chi connectivity index (χ3v) is 4.70. The van der Waals surface area contributed by atoms with Crippen LogP contribution in [0.2, 0.25) is 0 Å². The third-order valence-electron chi connectivity index (χ3n) is 4.70. The number of rotatable bonds is 6. The van der Waals surface area contributed by atoms with Crippen molar-refractivity contribution in [3.05, 3.63) is 28.3 Å². The highest BCUT2D eigenvalue weighted by molar-refractivity contribution is 5.90. The SMILES string of the molecule is CCOC[C@@H](OC(=O)Nc1c2c(cc3c1CCC3)CCC2)C(=O)O. The summed E-state index contributed by atoms with van der Waals surface area (Å²) < 4.78 is 10.1. The minimum atomic E-state index is -1.30. The van der Waals surface area contributed by atoms with Crippen molar-refractivity contribution in [3.8, 4) is 0 Å². The number of carbonyl (C=O) groups excluding carboxylic acids is 1. The van der Waals surface area contributed by atoms with Crippen molar-refractivity contribution in [2.24, 2.45) is 0 Å². The van der Waals surface area contributed by atoms with Crippen LogP contribution in [0.5, 0.6) is 0 Å². The normalized spacial score (nSPS) is 16.4. The first-order valence-corrected chi connectivity index (χ1v) is 8.54. The van der Waals surface area contributed by atoms with E-state index in [0.29, 0.717) is 6.61 Å². The van der Waals surface area contributed by atoms with Crippen LogP contribution >= 0.6 is 0 Å². The number of nitrogens with one attached hydrogen (secondary N) is 1. The number of hydrogen-bond acceptors (Lipinski definition) is 4. The zero-order chi connectivity index (χ0) is 17.1. The van der Waals surface area contributed by atoms with Gasteiger partial charge in [0.1, 0.15) is 0 Å². The van der Waals surface area contributed by atoms with E-state index in [1.165, 1.54) is 22.3 Å². The number of carboxylic acid groups (broad SMARTS) is 1. The molecule has 0 spiro atoms. The van der Waals surface area contributed by atoms with Gasteiger partial charge in [-0.3, -0.25) is 5.32 Å². The number of amides is 1. The molecule has 0 heterocycles. The summed E-state index contributed by atoms with van der Waals surface area (Å²) in [6.07, 6.45) is 4.11. The van der Waals surface area contributed by atoms with Gasteiger partial charge in [0.25, 0.3) is 0 Å². The Balaban J connectivity index is 1.76. The number of hydrogen-bond donors (Lipinski definition) is 2. The summed E-state index contributed by atoms with van der Waals surface area (Å²) in [5, 5.41) is 12.0. The number of fused-ring (bicyclic) bond motifs is 2. The smallest absolute Gasteiger partial charge is 0.412 e. The van der Waals surface area contributed by atoms with Gasteiger partial charge in [-0.15, -0.1) is 0 Å². The van der Waals surface area contributed by atoms with Crippen LogP contribution in [0.3, 0.4) is 0 Å². The molecule has 24 heavy (non-hydrogen) atoms. The van der Waals surface area contributed by atoms with Gasteiger partial charge in [0.15, 0.2) is 0 Å². The number of ether oxygens (including phenoxy) is 2. The van der Waals surface area contributed by atoms with Crippen LogP contribution in [0.1, 0.15) is 42.0 Å². The lowest BCUT2D eigenvalue weighted by molar-refractivity contribution is -0.149. The molecule has 2 aliphatic rings. The Morgan fingerprint density at radius 2 is 1.79 bits per heavy atom. The summed E-state index contributed by atoms with van der Waals surface area (Å²) in [5.74, 6) is -1.21. The minimum Gasteiger partial charge on any atom is -0.478 e. The van der Waals surface area contributed by atoms with Crippen LogP contribution < -0.4 is 5.32 Å². The molecule has 0 unspecified atom stereocenters. The molecule has 0 radical (unpaired) electrons. The zero-order valence-electron chi connectivity index (χ0n) is 13.9. The lowest BCUT2D eigenvalue weighted by Crippen LogP contribution is -2.33. The summed E-state index contributed by atoms with van der Waals surface area (Å²) in [7, 11) is 0. The van der Waals surface area contributed by atoms with Gasteiger partial charge in [-0.2, -0.15) is 0 Å². The van der Waals surface area contributed by atoms with E-state index in [0.717, 1.165) is 44.2 Å². The average Bonchev–Trinajstić information content (AvgIpc) is 3.19. The Labute approximate surface area is 141 Å². The fourth-order valence-electron chi connectivity index (χ4n) is 3.61. The minimum absolute atomic E-state index is 0.149. The second kappa shape index (κ2) is 7.21. The molecule has 6 nitrogen and oxygen atoms in total. The van der Waals surface area contributed by atoms with Gasteiger partial charge in [-0.25, -0.2) is 9.59 Å². The largest absolute Gasteiger partial charge is 0.478 e. The molecule has 130 valence electrons. The van der Waals surface area contributed by atoms with Crippen LogP contribution in [0.25, 0.3) is 0 Å². The number of benzene rings is 1. The number of aliphatic carboxylic acids is 1. The van der Waals surface area contributed by atoms with E-state index in [9.17, 15) is 9.59 Å². The Bertz CT molecular complexity index is 623. The second-order valence-corrected chi connectivity index (χ2v) is 6.25. The lowest BCUT2D eigenvalue weighted by Gasteiger charge is -2.18. The number of aryl methyl sites for hydroxylation is 2. The van der Waals surface area contributed by atoms with Crippen molar-refractivity contribution in [2.75, 3.05) is 18.5 Å². The molecule has 1 atom stereocenters. The topological polar surface area (TPSA) is 84.9 Å². The van der Waals surface area contributed by atoms with Crippen LogP contribution in [0.15, 0.2) is 6.07 Å². The van der Waals surface area contributed by atoms with Crippen LogP contribution in [-0.4, -0.2) is 36.5 Å². The van der Waals surface area contributed by atoms with Crippen molar-refractivity contribution >= 4 is 17.7 Å². The summed E-state index contributed by atoms with van der Waals surface area (Å²) in [6, 6.07) is 2.27. The lowest BCUT2D eigenvalue weighted by atomic mass is 9.99. The van der Waals surface area contributed by atoms with Gasteiger partial charge >= 0.3 is 12.1 Å². The fraction of sp³-hybridized carbons (Fsp3) is 0.556. The fourth-order valence-corrected chi connectivity index (χ4v) is 3.61. The molecule has 2 aliphatic carbocycles. The molecule has 0 saturated heterocycles. The second-order valence-electron chi connectivity index (χ2n) is 6.25. The first-order valence-electron chi connectivity index (χ1n) is 8.54. The highest BCUT2D eigenvalue weighted by Gasteiger charge is 2.27. The van der Waals surface area contributed by atoms with Crippen molar-refractivity contribution in [3.63, 3.8) is 0 Å². The van der Waals surface area contributed by atoms with E-state index in [1.807, 2.05) is 0 Å². The third kappa shape index (κ3) is 3.38. The summed E-state index contributed by atoms with van der Waals surface area (Å²) in [6.45, 7) is 1.98. The highest BCUT2D eigenvalue weighted by atomic mass is 16.6. The Morgan fingerprint density at radius 1 is 1.17 bits per heavy atom. The van der Waals surface area contributed by atoms with E-state index < -0.39 is 18.2 Å². The Kier molecular flexibility index (Phi) is 5.04. The molecule has 2 N–H and O–H groups in total. The summed E-state index contributed by atoms with van der Waals surface area (Å²) in [4.78, 5) is 23.4. The van der Waals surface area contributed by atoms with Crippen molar-refractivity contribution < 1.29 is 24.2 Å². The van der Waals surface area contributed by atoms with Gasteiger partial charge < -0.3 is 14.6 Å². The first kappa shape index (κ1) is 16.8. The summed E-state index contributed by atoms with van der Waals surface area (Å²) in [5.41, 5.74) is 5.82. The molecule has 0 saturated carbocycles. The molecule has 1 aromatic carbocycles. The number of carboxylic acids is 1. The maximum atomic E-state index is 12.2. The van der Waals surface area contributed by atoms with E-state index in [2.05, 4.69) is 11.4 Å². The number of carbonyl (C=O) groups is 2. The molecule has 0 fully saturated rings. The Hall–Kier alpha value is -2.08. The van der Waals surface area contributed by atoms with Crippen LogP contribution in [-0.2, 0) is 40.0 Å². The zero-order valence-corrected chi connectivity index (χ0v) is 13.9. The quantitative estimate of drug-likeness (QED) is 0.836. The van der Waals surface area contributed by atoms with Gasteiger partial charge in [0.05, 0.1) is 12.3 Å². The van der Waals surface area contributed by atoms with E-state index in [4.69, 9.17) is 14.6 Å². The molecule has 0 aliphatic heterocycles. The highest BCUT2D eigenvalue weighted by Crippen LogP contribution is 2.38.